The first-order valence-electron chi connectivity index (χ1n) is 7.32. The second-order valence-corrected chi connectivity index (χ2v) is 5.96. The molecule has 0 fully saturated rings. The highest BCUT2D eigenvalue weighted by Gasteiger charge is 2.10. The van der Waals surface area contributed by atoms with Gasteiger partial charge < -0.3 is 5.32 Å². The van der Waals surface area contributed by atoms with Crippen LogP contribution in [0.5, 0.6) is 0 Å². The van der Waals surface area contributed by atoms with Gasteiger partial charge in [0.05, 0.1) is 0 Å². The lowest BCUT2D eigenvalue weighted by atomic mass is 9.99. The largest absolute Gasteiger partial charge is 0.310 e. The lowest BCUT2D eigenvalue weighted by Crippen LogP contribution is -2.21. The fourth-order valence-electron chi connectivity index (χ4n) is 2.51. The van der Waals surface area contributed by atoms with Crippen LogP contribution < -0.4 is 5.32 Å². The first-order valence-corrected chi connectivity index (χ1v) is 8.11. The molecule has 1 unspecified atom stereocenters. The van der Waals surface area contributed by atoms with Crippen LogP contribution in [0.3, 0.4) is 0 Å². The molecule has 106 valence electrons. The predicted molar refractivity (Wildman–Crippen MR) is 89.9 cm³/mol. The Labute approximate surface area is 130 Å². The van der Waals surface area contributed by atoms with E-state index in [9.17, 15) is 0 Å². The van der Waals surface area contributed by atoms with E-state index in [-0.39, 0.29) is 0 Å². The number of hydrogen-bond donors (Lipinski definition) is 1. The topological polar surface area (TPSA) is 12.0 Å². The maximum Gasteiger partial charge on any atom is 0.0320 e. The average molecular weight is 332 g/mol. The van der Waals surface area contributed by atoms with Crippen molar-refractivity contribution in [1.29, 1.82) is 0 Å². The van der Waals surface area contributed by atoms with E-state index in [4.69, 9.17) is 0 Å². The van der Waals surface area contributed by atoms with E-state index < -0.39 is 0 Å². The summed E-state index contributed by atoms with van der Waals surface area (Å²) in [4.78, 5) is 0. The van der Waals surface area contributed by atoms with Gasteiger partial charge in [0, 0.05) is 10.5 Å². The van der Waals surface area contributed by atoms with Crippen molar-refractivity contribution in [2.45, 2.75) is 32.2 Å². The maximum absolute atomic E-state index is 3.59. The van der Waals surface area contributed by atoms with Gasteiger partial charge in [-0.25, -0.2) is 0 Å². The van der Waals surface area contributed by atoms with Crippen molar-refractivity contribution in [2.24, 2.45) is 0 Å². The summed E-state index contributed by atoms with van der Waals surface area (Å²) in [5.41, 5.74) is 2.80. The lowest BCUT2D eigenvalue weighted by Gasteiger charge is -2.18. The Hall–Kier alpha value is -1.12. The first kappa shape index (κ1) is 15.3. The minimum Gasteiger partial charge on any atom is -0.310 e. The number of halogens is 1. The molecule has 0 aliphatic rings. The predicted octanol–water partition coefficient (Wildman–Crippen LogP) is 5.12. The molecule has 0 heterocycles. The zero-order chi connectivity index (χ0) is 14.2. The van der Waals surface area contributed by atoms with E-state index in [1.165, 1.54) is 24.0 Å². The summed E-state index contributed by atoms with van der Waals surface area (Å²) < 4.78 is 1.15. The number of aryl methyl sites for hydroxylation is 1. The van der Waals surface area contributed by atoms with Gasteiger partial charge in [0.1, 0.15) is 0 Å². The Kier molecular flexibility index (Phi) is 6.28. The van der Waals surface area contributed by atoms with Crippen molar-refractivity contribution in [1.82, 2.24) is 5.32 Å². The molecule has 1 atom stereocenters. The molecule has 0 aliphatic carbocycles. The summed E-state index contributed by atoms with van der Waals surface area (Å²) in [5.74, 6) is 0. The number of benzene rings is 2. The summed E-state index contributed by atoms with van der Waals surface area (Å²) in [6.07, 6.45) is 3.52. The summed E-state index contributed by atoms with van der Waals surface area (Å²) in [5, 5.41) is 3.59. The third kappa shape index (κ3) is 4.77. The van der Waals surface area contributed by atoms with E-state index in [1.807, 2.05) is 0 Å². The molecule has 20 heavy (non-hydrogen) atoms. The zero-order valence-electron chi connectivity index (χ0n) is 12.0. The fourth-order valence-corrected chi connectivity index (χ4v) is 2.93. The highest BCUT2D eigenvalue weighted by Crippen LogP contribution is 2.22. The molecule has 2 rings (SSSR count). The van der Waals surface area contributed by atoms with Crippen LogP contribution in [0.4, 0.5) is 0 Å². The molecule has 0 aliphatic heterocycles. The van der Waals surface area contributed by atoms with Crippen LogP contribution in [0.25, 0.3) is 0 Å². The monoisotopic (exact) mass is 331 g/mol. The quantitative estimate of drug-likeness (QED) is 0.742. The van der Waals surface area contributed by atoms with Gasteiger partial charge in [-0.2, -0.15) is 0 Å². The molecule has 0 spiro atoms. The van der Waals surface area contributed by atoms with E-state index in [0.717, 1.165) is 17.4 Å². The van der Waals surface area contributed by atoms with Crippen molar-refractivity contribution in [3.8, 4) is 0 Å². The van der Waals surface area contributed by atoms with Gasteiger partial charge >= 0.3 is 0 Å². The van der Waals surface area contributed by atoms with Gasteiger partial charge in [0.2, 0.25) is 0 Å². The number of rotatable bonds is 7. The lowest BCUT2D eigenvalue weighted by molar-refractivity contribution is 0.498. The van der Waals surface area contributed by atoms with Crippen LogP contribution in [0, 0.1) is 0 Å². The van der Waals surface area contributed by atoms with Gasteiger partial charge in [-0.05, 0) is 49.1 Å². The van der Waals surface area contributed by atoms with Gasteiger partial charge in [-0.1, -0.05) is 65.3 Å². The van der Waals surface area contributed by atoms with Crippen molar-refractivity contribution < 1.29 is 0 Å². The molecule has 2 aromatic rings. The summed E-state index contributed by atoms with van der Waals surface area (Å²) in [6, 6.07) is 19.8. The van der Waals surface area contributed by atoms with E-state index in [2.05, 4.69) is 82.8 Å². The number of hydrogen-bond acceptors (Lipinski definition) is 1. The standard InChI is InChI=1S/C18H22BrN/c1-2-20-18(16-11-7-12-17(19)14-16)13-6-10-15-8-4-3-5-9-15/h3-5,7-9,11-12,14,18,20H,2,6,10,13H2,1H3. The normalized spacial score (nSPS) is 12.3. The van der Waals surface area contributed by atoms with Crippen LogP contribution in [0.1, 0.15) is 36.9 Å². The third-order valence-corrected chi connectivity index (χ3v) is 4.00. The second kappa shape index (κ2) is 8.23. The minimum atomic E-state index is 0.446. The Bertz CT molecular complexity index is 510. The Morgan fingerprint density at radius 1 is 1.05 bits per heavy atom. The highest BCUT2D eigenvalue weighted by molar-refractivity contribution is 9.10. The molecule has 2 heteroatoms. The molecule has 0 radical (unpaired) electrons. The SMILES string of the molecule is CCNC(CCCc1ccccc1)c1cccc(Br)c1. The zero-order valence-corrected chi connectivity index (χ0v) is 13.6. The second-order valence-electron chi connectivity index (χ2n) is 5.04. The third-order valence-electron chi connectivity index (χ3n) is 3.50. The number of nitrogens with one attached hydrogen (secondary N) is 1. The molecule has 2 aromatic carbocycles. The van der Waals surface area contributed by atoms with Crippen LogP contribution in [0.15, 0.2) is 59.1 Å². The van der Waals surface area contributed by atoms with Crippen LogP contribution >= 0.6 is 15.9 Å². The molecule has 1 N–H and O–H groups in total. The molecule has 0 saturated carbocycles. The molecule has 0 bridgehead atoms. The smallest absolute Gasteiger partial charge is 0.0320 e. The van der Waals surface area contributed by atoms with Crippen molar-refractivity contribution in [3.63, 3.8) is 0 Å². The fraction of sp³-hybridized carbons (Fsp3) is 0.333. The molecule has 0 saturated heterocycles. The molecule has 0 amide bonds. The van der Waals surface area contributed by atoms with E-state index in [1.54, 1.807) is 0 Å². The van der Waals surface area contributed by atoms with Crippen LogP contribution in [0.2, 0.25) is 0 Å². The van der Waals surface area contributed by atoms with Gasteiger partial charge in [0.25, 0.3) is 0 Å². The maximum atomic E-state index is 3.59. The van der Waals surface area contributed by atoms with Crippen LogP contribution in [-0.4, -0.2) is 6.54 Å². The summed E-state index contributed by atoms with van der Waals surface area (Å²) in [7, 11) is 0. The van der Waals surface area contributed by atoms with Gasteiger partial charge in [-0.3, -0.25) is 0 Å². The Balaban J connectivity index is 1.92. The Morgan fingerprint density at radius 3 is 2.55 bits per heavy atom. The van der Waals surface area contributed by atoms with Crippen LogP contribution in [-0.2, 0) is 6.42 Å². The molecule has 0 aromatic heterocycles. The van der Waals surface area contributed by atoms with Crippen molar-refractivity contribution in [3.05, 3.63) is 70.2 Å². The van der Waals surface area contributed by atoms with E-state index in [0.29, 0.717) is 6.04 Å². The molecular formula is C18H22BrN. The average Bonchev–Trinajstić information content (AvgIpc) is 2.47. The van der Waals surface area contributed by atoms with Gasteiger partial charge in [-0.15, -0.1) is 0 Å². The van der Waals surface area contributed by atoms with E-state index >= 15 is 0 Å². The first-order chi connectivity index (χ1) is 9.79. The molecular weight excluding hydrogens is 310 g/mol. The van der Waals surface area contributed by atoms with Crippen molar-refractivity contribution >= 4 is 15.9 Å². The summed E-state index contributed by atoms with van der Waals surface area (Å²) in [6.45, 7) is 3.17. The van der Waals surface area contributed by atoms with Gasteiger partial charge in [0.15, 0.2) is 0 Å². The minimum absolute atomic E-state index is 0.446. The molecule has 1 nitrogen and oxygen atoms in total. The summed E-state index contributed by atoms with van der Waals surface area (Å²) >= 11 is 3.56. The highest BCUT2D eigenvalue weighted by atomic mass is 79.9. The van der Waals surface area contributed by atoms with Crippen molar-refractivity contribution in [2.75, 3.05) is 6.54 Å². The Morgan fingerprint density at radius 2 is 1.85 bits per heavy atom.